The van der Waals surface area contributed by atoms with Crippen LogP contribution in [0.1, 0.15) is 27.7 Å². The fourth-order valence-electron chi connectivity index (χ4n) is 7.76. The Kier molecular flexibility index (Phi) is 10.8. The van der Waals surface area contributed by atoms with Gasteiger partial charge in [-0.05, 0) is 108 Å². The lowest BCUT2D eigenvalue weighted by Gasteiger charge is -2.32. The van der Waals surface area contributed by atoms with Crippen LogP contribution in [0, 0.1) is 20.2 Å². The third-order valence-electron chi connectivity index (χ3n) is 11.5. The lowest BCUT2D eigenvalue weighted by atomic mass is 9.75. The number of nitro groups is 2. The van der Waals surface area contributed by atoms with Crippen LogP contribution in [0.2, 0.25) is 0 Å². The summed E-state index contributed by atoms with van der Waals surface area (Å²) in [6, 6.07) is 38.5. The van der Waals surface area contributed by atoms with E-state index in [2.05, 4.69) is 108 Å². The quantitative estimate of drug-likeness (QED) is 0.0969. The summed E-state index contributed by atoms with van der Waals surface area (Å²) in [5.41, 5.74) is 2.08. The molecule has 0 amide bonds. The zero-order valence-corrected chi connectivity index (χ0v) is 37.1. The van der Waals surface area contributed by atoms with E-state index in [4.69, 9.17) is 9.31 Å². The van der Waals surface area contributed by atoms with E-state index >= 15 is 0 Å². The number of hydrogen-bond donors (Lipinski definition) is 0. The van der Waals surface area contributed by atoms with Crippen molar-refractivity contribution in [2.24, 2.45) is 0 Å². The monoisotopic (exact) mass is 918 g/mol. The molecule has 6 aromatic carbocycles. The second-order valence-electron chi connectivity index (χ2n) is 15.8. The summed E-state index contributed by atoms with van der Waals surface area (Å²) in [6.45, 7) is 8.37. The number of pyridine rings is 2. The highest BCUT2D eigenvalue weighted by molar-refractivity contribution is 9.10. The van der Waals surface area contributed by atoms with Crippen molar-refractivity contribution >= 4 is 124 Å². The molecule has 11 rings (SSSR count). The minimum Gasteiger partial charge on any atom is -0.399 e. The highest BCUT2D eigenvalue weighted by atomic mass is 79.9. The Bertz CT molecular complexity index is 3370. The molecule has 1 fully saturated rings. The van der Waals surface area contributed by atoms with Gasteiger partial charge in [0, 0.05) is 88.0 Å². The largest absolute Gasteiger partial charge is 0.495 e. The van der Waals surface area contributed by atoms with Gasteiger partial charge >= 0.3 is 7.12 Å². The van der Waals surface area contributed by atoms with Crippen LogP contribution in [-0.2, 0) is 9.31 Å². The van der Waals surface area contributed by atoms with Gasteiger partial charge in [0.2, 0.25) is 0 Å². The molecule has 0 bridgehead atoms. The first-order chi connectivity index (χ1) is 29.8. The molecule has 0 atom stereocenters. The Balaban J connectivity index is 0.000000130. The van der Waals surface area contributed by atoms with Crippen molar-refractivity contribution in [2.45, 2.75) is 38.9 Å². The lowest BCUT2D eigenvalue weighted by molar-refractivity contribution is -0.385. The molecule has 62 heavy (non-hydrogen) atoms. The third kappa shape index (κ3) is 7.37. The van der Waals surface area contributed by atoms with Crippen LogP contribution in [0.3, 0.4) is 0 Å². The average molecular weight is 920 g/mol. The van der Waals surface area contributed by atoms with E-state index in [0.29, 0.717) is 10.0 Å². The first-order valence-corrected chi connectivity index (χ1v) is 22.1. The summed E-state index contributed by atoms with van der Waals surface area (Å²) >= 11 is 6.61. The predicted octanol–water partition coefficient (Wildman–Crippen LogP) is 13.4. The number of nitro benzene ring substituents is 2. The summed E-state index contributed by atoms with van der Waals surface area (Å²) in [4.78, 5) is 29.7. The maximum absolute atomic E-state index is 11.6. The van der Waals surface area contributed by atoms with E-state index in [1.54, 1.807) is 47.9 Å². The molecule has 0 unspecified atom stereocenters. The van der Waals surface area contributed by atoms with Gasteiger partial charge in [-0.1, -0.05) is 66.7 Å². The Morgan fingerprint density at radius 1 is 0.548 bits per heavy atom. The molecule has 1 aliphatic rings. The molecule has 0 spiro atoms. The number of thiophene rings is 2. The molecule has 0 N–H and O–H groups in total. The van der Waals surface area contributed by atoms with E-state index in [1.807, 2.05) is 60.3 Å². The van der Waals surface area contributed by atoms with Crippen LogP contribution >= 0.6 is 38.6 Å². The summed E-state index contributed by atoms with van der Waals surface area (Å²) in [5.74, 6) is 0. The van der Waals surface area contributed by atoms with Gasteiger partial charge in [-0.2, -0.15) is 0 Å². The molecular weight excluding hydrogens is 883 g/mol. The van der Waals surface area contributed by atoms with Gasteiger partial charge in [0.1, 0.15) is 0 Å². The number of hydrogen-bond acceptors (Lipinski definition) is 10. The zero-order valence-electron chi connectivity index (χ0n) is 33.9. The number of halogens is 1. The zero-order chi connectivity index (χ0) is 43.3. The van der Waals surface area contributed by atoms with Gasteiger partial charge in [0.15, 0.2) is 0 Å². The molecule has 1 saturated heterocycles. The summed E-state index contributed by atoms with van der Waals surface area (Å²) in [5, 5.41) is 30.9. The molecule has 306 valence electrons. The van der Waals surface area contributed by atoms with Gasteiger partial charge in [-0.15, -0.1) is 22.7 Å². The van der Waals surface area contributed by atoms with Crippen LogP contribution in [0.4, 0.5) is 11.4 Å². The smallest absolute Gasteiger partial charge is 0.399 e. The maximum atomic E-state index is 11.6. The molecule has 10 aromatic rings. The Hall–Kier alpha value is -6.16. The van der Waals surface area contributed by atoms with E-state index in [-0.39, 0.29) is 34.6 Å². The SMILES string of the molecule is CC1(C)OB(c2cc3c4ccccc4sc3c3cnccc23)OC1(C)C.O=[N+]([O-])c1ccccc1-c1cc2c3ccccc3sc2c2cnccc12.O=[N+]([O-])c1ccccc1Br. The minimum atomic E-state index is -0.427. The van der Waals surface area contributed by atoms with Gasteiger partial charge in [0.05, 0.1) is 31.1 Å². The third-order valence-corrected chi connectivity index (χ3v) is 14.6. The van der Waals surface area contributed by atoms with Gasteiger partial charge in [-0.25, -0.2) is 0 Å². The molecule has 0 saturated carbocycles. The van der Waals surface area contributed by atoms with E-state index in [9.17, 15) is 20.2 Å². The number of fused-ring (bicyclic) bond motifs is 10. The molecular formula is C48H36BBrN4O6S2. The normalized spacial score (nSPS) is 14.2. The summed E-state index contributed by atoms with van der Waals surface area (Å²) in [6.07, 6.45) is 7.39. The number of rotatable bonds is 4. The van der Waals surface area contributed by atoms with Gasteiger partial charge in [0.25, 0.3) is 11.4 Å². The van der Waals surface area contributed by atoms with Gasteiger partial charge < -0.3 is 9.31 Å². The number of benzene rings is 6. The van der Waals surface area contributed by atoms with Crippen LogP contribution < -0.4 is 5.46 Å². The molecule has 4 aromatic heterocycles. The van der Waals surface area contributed by atoms with Crippen molar-refractivity contribution in [2.75, 3.05) is 0 Å². The fourth-order valence-corrected chi connectivity index (χ4v) is 10.6. The first-order valence-electron chi connectivity index (χ1n) is 19.7. The predicted molar refractivity (Wildman–Crippen MR) is 258 cm³/mol. The average Bonchev–Trinajstić information content (AvgIpc) is 3.91. The highest BCUT2D eigenvalue weighted by Crippen LogP contribution is 2.44. The number of aromatic nitrogens is 2. The van der Waals surface area contributed by atoms with Crippen molar-refractivity contribution in [3.63, 3.8) is 0 Å². The fraction of sp³-hybridized carbons (Fsp3) is 0.125. The Morgan fingerprint density at radius 2 is 1.03 bits per heavy atom. The molecule has 10 nitrogen and oxygen atoms in total. The molecule has 1 aliphatic heterocycles. The molecule has 14 heteroatoms. The van der Waals surface area contributed by atoms with Crippen LogP contribution in [0.5, 0.6) is 0 Å². The van der Waals surface area contributed by atoms with Crippen molar-refractivity contribution < 1.29 is 19.2 Å². The second kappa shape index (κ2) is 16.3. The van der Waals surface area contributed by atoms with E-state index in [1.165, 1.54) is 30.9 Å². The van der Waals surface area contributed by atoms with Crippen molar-refractivity contribution in [3.8, 4) is 11.1 Å². The van der Waals surface area contributed by atoms with Crippen LogP contribution in [-0.4, -0.2) is 38.1 Å². The maximum Gasteiger partial charge on any atom is 0.495 e. The highest BCUT2D eigenvalue weighted by Gasteiger charge is 2.52. The topological polar surface area (TPSA) is 131 Å². The summed E-state index contributed by atoms with van der Waals surface area (Å²) < 4.78 is 18.2. The van der Waals surface area contributed by atoms with E-state index in [0.717, 1.165) is 48.0 Å². The molecule has 0 aliphatic carbocycles. The summed E-state index contributed by atoms with van der Waals surface area (Å²) in [7, 11) is -0.382. The first kappa shape index (κ1) is 41.2. The Labute approximate surface area is 372 Å². The lowest BCUT2D eigenvalue weighted by Crippen LogP contribution is -2.41. The van der Waals surface area contributed by atoms with Crippen LogP contribution in [0.15, 0.2) is 151 Å². The van der Waals surface area contributed by atoms with E-state index < -0.39 is 4.92 Å². The van der Waals surface area contributed by atoms with Crippen molar-refractivity contribution in [1.29, 1.82) is 0 Å². The Morgan fingerprint density at radius 3 is 1.60 bits per heavy atom. The number of para-hydroxylation sites is 2. The van der Waals surface area contributed by atoms with Crippen molar-refractivity contribution in [3.05, 3.63) is 171 Å². The van der Waals surface area contributed by atoms with Crippen molar-refractivity contribution in [1.82, 2.24) is 9.97 Å². The molecule has 5 heterocycles. The molecule has 0 radical (unpaired) electrons. The minimum absolute atomic E-state index is 0.0995. The van der Waals surface area contributed by atoms with Crippen LogP contribution in [0.25, 0.3) is 73.0 Å². The second-order valence-corrected chi connectivity index (χ2v) is 18.7. The number of nitrogens with zero attached hydrogens (tertiary/aromatic N) is 4. The standard InChI is InChI=1S/C21H20BNO2S.C21H12N2O2S.C6H4BrNO2/c1-20(2)21(3,4)25-22(24-20)17-11-15-14-7-5-6-8-18(14)26-19(15)16-12-23-10-9-13(16)17;24-23(25)19-7-3-1-5-14(19)16-11-17-15-6-2-4-8-20(15)26-21(17)18-12-22-10-9-13(16)18;7-5-3-1-2-4-6(5)8(9)10/h5-12H,1-4H3;1-12H;1-4H. The van der Waals surface area contributed by atoms with Gasteiger partial charge in [-0.3, -0.25) is 30.2 Å².